The Morgan fingerprint density at radius 3 is 2.78 bits per heavy atom. The molecule has 0 fully saturated rings. The summed E-state index contributed by atoms with van der Waals surface area (Å²) in [6.07, 6.45) is 0.168. The number of amides is 1. The molecule has 0 saturated carbocycles. The fraction of sp³-hybridized carbons (Fsp3) is 0.364. The maximum atomic E-state index is 11.5. The fourth-order valence-corrected chi connectivity index (χ4v) is 1.75. The van der Waals surface area contributed by atoms with Crippen LogP contribution in [0.1, 0.15) is 5.56 Å². The van der Waals surface area contributed by atoms with Gasteiger partial charge in [0.2, 0.25) is 15.9 Å². The van der Waals surface area contributed by atoms with Crippen LogP contribution in [0.5, 0.6) is 5.75 Å². The van der Waals surface area contributed by atoms with Crippen LogP contribution in [0.2, 0.25) is 0 Å². The average molecular weight is 272 g/mol. The summed E-state index contributed by atoms with van der Waals surface area (Å²) in [5.41, 5.74) is 0.794. The van der Waals surface area contributed by atoms with Crippen LogP contribution in [0.3, 0.4) is 0 Å². The van der Waals surface area contributed by atoms with E-state index < -0.39 is 10.0 Å². The Morgan fingerprint density at radius 2 is 2.17 bits per heavy atom. The number of sulfonamides is 1. The van der Waals surface area contributed by atoms with Crippen LogP contribution in [-0.4, -0.2) is 33.7 Å². The van der Waals surface area contributed by atoms with E-state index in [4.69, 9.17) is 9.88 Å². The predicted octanol–water partition coefficient (Wildman–Crippen LogP) is -0.358. The van der Waals surface area contributed by atoms with Crippen LogP contribution in [0.15, 0.2) is 24.3 Å². The van der Waals surface area contributed by atoms with Crippen LogP contribution in [0.4, 0.5) is 0 Å². The van der Waals surface area contributed by atoms with Gasteiger partial charge in [-0.2, -0.15) is 0 Å². The molecule has 0 aromatic heterocycles. The zero-order chi connectivity index (χ0) is 13.6. The zero-order valence-electron chi connectivity index (χ0n) is 10.0. The molecule has 0 saturated heterocycles. The highest BCUT2D eigenvalue weighted by molar-refractivity contribution is 7.89. The molecule has 0 heterocycles. The molecule has 7 heteroatoms. The lowest BCUT2D eigenvalue weighted by atomic mass is 10.1. The summed E-state index contributed by atoms with van der Waals surface area (Å²) in [6.45, 7) is 0.0155. The number of nitrogens with one attached hydrogen (secondary N) is 1. The molecule has 1 rings (SSSR count). The van der Waals surface area contributed by atoms with E-state index in [9.17, 15) is 13.2 Å². The molecule has 100 valence electrons. The minimum atomic E-state index is -3.54. The highest BCUT2D eigenvalue weighted by Crippen LogP contribution is 2.12. The van der Waals surface area contributed by atoms with Crippen molar-refractivity contribution in [3.8, 4) is 5.75 Å². The first kappa shape index (κ1) is 14.5. The molecule has 1 aromatic rings. The minimum Gasteiger partial charge on any atom is -0.497 e. The molecule has 0 aliphatic heterocycles. The SMILES string of the molecule is COc1cccc(CC(=O)NCCS(N)(=O)=O)c1. The van der Waals surface area contributed by atoms with Crippen molar-refractivity contribution in [3.05, 3.63) is 29.8 Å². The highest BCUT2D eigenvalue weighted by atomic mass is 32.2. The van der Waals surface area contributed by atoms with Gasteiger partial charge in [0.15, 0.2) is 0 Å². The van der Waals surface area contributed by atoms with Crippen molar-refractivity contribution in [1.82, 2.24) is 5.32 Å². The van der Waals surface area contributed by atoms with Crippen LogP contribution in [-0.2, 0) is 21.2 Å². The standard InChI is InChI=1S/C11H16N2O4S/c1-17-10-4-2-3-9(7-10)8-11(14)13-5-6-18(12,15)16/h2-4,7H,5-6,8H2,1H3,(H,13,14)(H2,12,15,16). The summed E-state index contributed by atoms with van der Waals surface area (Å²) in [4.78, 5) is 11.5. The number of ether oxygens (including phenoxy) is 1. The molecule has 1 aromatic carbocycles. The van der Waals surface area contributed by atoms with Crippen LogP contribution < -0.4 is 15.2 Å². The number of nitrogens with two attached hydrogens (primary N) is 1. The van der Waals surface area contributed by atoms with Crippen molar-refractivity contribution >= 4 is 15.9 Å². The van der Waals surface area contributed by atoms with Gasteiger partial charge in [-0.15, -0.1) is 0 Å². The van der Waals surface area contributed by atoms with Crippen molar-refractivity contribution in [2.75, 3.05) is 19.4 Å². The summed E-state index contributed by atoms with van der Waals surface area (Å²) in [7, 11) is -1.99. The lowest BCUT2D eigenvalue weighted by Crippen LogP contribution is -2.32. The predicted molar refractivity (Wildman–Crippen MR) is 67.7 cm³/mol. The first-order valence-corrected chi connectivity index (χ1v) is 7.02. The molecule has 18 heavy (non-hydrogen) atoms. The first-order valence-electron chi connectivity index (χ1n) is 5.31. The van der Waals surface area contributed by atoms with Gasteiger partial charge in [-0.3, -0.25) is 4.79 Å². The number of carbonyl (C=O) groups is 1. The van der Waals surface area contributed by atoms with Gasteiger partial charge < -0.3 is 10.1 Å². The smallest absolute Gasteiger partial charge is 0.224 e. The normalized spacial score (nSPS) is 11.0. The molecule has 6 nitrogen and oxygen atoms in total. The molecule has 0 spiro atoms. The second kappa shape index (κ2) is 6.36. The molecule has 0 aliphatic rings. The average Bonchev–Trinajstić information content (AvgIpc) is 2.27. The maximum absolute atomic E-state index is 11.5. The van der Waals surface area contributed by atoms with E-state index in [-0.39, 0.29) is 24.6 Å². The molecule has 0 bridgehead atoms. The lowest BCUT2D eigenvalue weighted by Gasteiger charge is -2.06. The van der Waals surface area contributed by atoms with Crippen LogP contribution in [0.25, 0.3) is 0 Å². The van der Waals surface area contributed by atoms with Crippen molar-refractivity contribution < 1.29 is 17.9 Å². The van der Waals surface area contributed by atoms with E-state index in [1.807, 2.05) is 0 Å². The molecule has 1 amide bonds. The molecule has 0 unspecified atom stereocenters. The van der Waals surface area contributed by atoms with E-state index in [2.05, 4.69) is 5.32 Å². The van der Waals surface area contributed by atoms with Gasteiger partial charge >= 0.3 is 0 Å². The second-order valence-corrected chi connectivity index (χ2v) is 5.48. The van der Waals surface area contributed by atoms with Crippen molar-refractivity contribution in [1.29, 1.82) is 0 Å². The first-order chi connectivity index (χ1) is 8.40. The maximum Gasteiger partial charge on any atom is 0.224 e. The summed E-state index contributed by atoms with van der Waals surface area (Å²) in [6, 6.07) is 7.11. The number of methoxy groups -OCH3 is 1. The summed E-state index contributed by atoms with van der Waals surface area (Å²) in [5, 5.41) is 7.30. The lowest BCUT2D eigenvalue weighted by molar-refractivity contribution is -0.120. The van der Waals surface area contributed by atoms with Crippen LogP contribution in [0, 0.1) is 0 Å². The van der Waals surface area contributed by atoms with Gasteiger partial charge in [-0.05, 0) is 17.7 Å². The van der Waals surface area contributed by atoms with E-state index >= 15 is 0 Å². The minimum absolute atomic E-state index is 0.0155. The Hall–Kier alpha value is -1.60. The Balaban J connectivity index is 2.44. The third-order valence-corrected chi connectivity index (χ3v) is 2.98. The van der Waals surface area contributed by atoms with Gasteiger partial charge in [0.25, 0.3) is 0 Å². The van der Waals surface area contributed by atoms with E-state index in [1.54, 1.807) is 31.4 Å². The number of hydrogen-bond acceptors (Lipinski definition) is 4. The van der Waals surface area contributed by atoms with Gasteiger partial charge in [0, 0.05) is 6.54 Å². The van der Waals surface area contributed by atoms with Crippen molar-refractivity contribution in [3.63, 3.8) is 0 Å². The van der Waals surface area contributed by atoms with Gasteiger partial charge in [0.05, 0.1) is 19.3 Å². The zero-order valence-corrected chi connectivity index (χ0v) is 10.9. The molecule has 0 atom stereocenters. The van der Waals surface area contributed by atoms with Gasteiger partial charge in [-0.1, -0.05) is 12.1 Å². The number of carbonyl (C=O) groups excluding carboxylic acids is 1. The molecular formula is C11H16N2O4S. The monoisotopic (exact) mass is 272 g/mol. The molecule has 0 aliphatic carbocycles. The topological polar surface area (TPSA) is 98.5 Å². The molecule has 3 N–H and O–H groups in total. The summed E-state index contributed by atoms with van der Waals surface area (Å²) < 4.78 is 26.4. The Morgan fingerprint density at radius 1 is 1.44 bits per heavy atom. The van der Waals surface area contributed by atoms with Crippen molar-refractivity contribution in [2.45, 2.75) is 6.42 Å². The largest absolute Gasteiger partial charge is 0.497 e. The third kappa shape index (κ3) is 5.65. The number of rotatable bonds is 6. The highest BCUT2D eigenvalue weighted by Gasteiger charge is 2.06. The Labute approximate surface area is 106 Å². The quantitative estimate of drug-likeness (QED) is 0.739. The Bertz CT molecular complexity index is 514. The fourth-order valence-electron chi connectivity index (χ4n) is 1.36. The van der Waals surface area contributed by atoms with E-state index in [0.717, 1.165) is 5.56 Å². The summed E-state index contributed by atoms with van der Waals surface area (Å²) >= 11 is 0. The van der Waals surface area contributed by atoms with E-state index in [0.29, 0.717) is 5.75 Å². The number of benzene rings is 1. The summed E-state index contributed by atoms with van der Waals surface area (Å²) in [5.74, 6) is 0.147. The third-order valence-electron chi connectivity index (χ3n) is 2.21. The van der Waals surface area contributed by atoms with Gasteiger partial charge in [-0.25, -0.2) is 13.6 Å². The number of primary sulfonamides is 1. The second-order valence-electron chi connectivity index (χ2n) is 3.75. The Kier molecular flexibility index (Phi) is 5.11. The van der Waals surface area contributed by atoms with Crippen LogP contribution >= 0.6 is 0 Å². The van der Waals surface area contributed by atoms with Crippen molar-refractivity contribution in [2.24, 2.45) is 5.14 Å². The molecule has 0 radical (unpaired) electrons. The molecular weight excluding hydrogens is 256 g/mol. The van der Waals surface area contributed by atoms with Gasteiger partial charge in [0.1, 0.15) is 5.75 Å². The number of hydrogen-bond donors (Lipinski definition) is 2. The van der Waals surface area contributed by atoms with E-state index in [1.165, 1.54) is 0 Å².